The fourth-order valence-corrected chi connectivity index (χ4v) is 2.32. The predicted octanol–water partition coefficient (Wildman–Crippen LogP) is 4.03. The van der Waals surface area contributed by atoms with E-state index in [1.807, 2.05) is 39.0 Å². The van der Waals surface area contributed by atoms with E-state index in [4.69, 9.17) is 4.52 Å². The van der Waals surface area contributed by atoms with Gasteiger partial charge in [0.25, 0.3) is 5.91 Å². The smallest absolute Gasteiger partial charge is 0.253 e. The number of carbonyl (C=O) groups is 1. The molecule has 0 bridgehead atoms. The Labute approximate surface area is 143 Å². The summed E-state index contributed by atoms with van der Waals surface area (Å²) in [5.74, 6) is 0.704. The van der Waals surface area contributed by atoms with Gasteiger partial charge in [-0.3, -0.25) is 9.78 Å². The van der Waals surface area contributed by atoms with E-state index in [2.05, 4.69) is 22.4 Å². The maximum atomic E-state index is 11.9. The summed E-state index contributed by atoms with van der Waals surface area (Å²) in [6.07, 6.45) is 8.61. The van der Waals surface area contributed by atoms with Crippen LogP contribution in [0.4, 0.5) is 0 Å². The van der Waals surface area contributed by atoms with Crippen molar-refractivity contribution in [3.8, 4) is 0 Å². The van der Waals surface area contributed by atoms with Crippen molar-refractivity contribution in [1.82, 2.24) is 15.5 Å². The van der Waals surface area contributed by atoms with E-state index in [0.29, 0.717) is 5.56 Å². The van der Waals surface area contributed by atoms with E-state index in [1.165, 1.54) is 0 Å². The average molecular weight is 327 g/mol. The Morgan fingerprint density at radius 1 is 1.33 bits per heavy atom. The number of hydrogen-bond donors (Lipinski definition) is 1. The van der Waals surface area contributed by atoms with E-state index in [-0.39, 0.29) is 11.9 Å². The quantitative estimate of drug-likeness (QED) is 0.833. The second-order valence-corrected chi connectivity index (χ2v) is 6.14. The highest BCUT2D eigenvalue weighted by atomic mass is 16.5. The third-order valence-corrected chi connectivity index (χ3v) is 3.64. The molecule has 5 heteroatoms. The molecule has 0 saturated carbocycles. The molecule has 0 aliphatic rings. The summed E-state index contributed by atoms with van der Waals surface area (Å²) in [7, 11) is 0. The van der Waals surface area contributed by atoms with E-state index in [1.54, 1.807) is 12.3 Å². The first kappa shape index (κ1) is 17.9. The summed E-state index contributed by atoms with van der Waals surface area (Å²) in [6, 6.07) is 3.72. The van der Waals surface area contributed by atoms with Gasteiger partial charge in [-0.05, 0) is 57.9 Å². The summed E-state index contributed by atoms with van der Waals surface area (Å²) < 4.78 is 5.29. The average Bonchev–Trinajstić information content (AvgIpc) is 2.90. The molecule has 2 aromatic heterocycles. The van der Waals surface area contributed by atoms with Crippen LogP contribution in [0.2, 0.25) is 0 Å². The van der Waals surface area contributed by atoms with Gasteiger partial charge in [0, 0.05) is 17.8 Å². The molecule has 2 aromatic rings. The lowest BCUT2D eigenvalue weighted by Gasteiger charge is -2.07. The Hall–Kier alpha value is -2.43. The van der Waals surface area contributed by atoms with Crippen LogP contribution in [0, 0.1) is 6.92 Å². The molecule has 5 nitrogen and oxygen atoms in total. The fraction of sp³-hybridized carbons (Fsp3) is 0.421. The molecule has 1 N–H and O–H groups in total. The van der Waals surface area contributed by atoms with E-state index < -0.39 is 0 Å². The largest absolute Gasteiger partial charge is 0.361 e. The topological polar surface area (TPSA) is 68.0 Å². The molecule has 0 aliphatic heterocycles. The molecule has 0 spiro atoms. The fourth-order valence-electron chi connectivity index (χ4n) is 2.32. The van der Waals surface area contributed by atoms with Gasteiger partial charge in [0.15, 0.2) is 0 Å². The van der Waals surface area contributed by atoms with Crippen LogP contribution in [0.3, 0.4) is 0 Å². The van der Waals surface area contributed by atoms with Crippen molar-refractivity contribution in [2.45, 2.75) is 53.0 Å². The number of hydrogen-bond acceptors (Lipinski definition) is 4. The maximum Gasteiger partial charge on any atom is 0.253 e. The lowest BCUT2D eigenvalue weighted by molar-refractivity contribution is 0.0943. The zero-order valence-corrected chi connectivity index (χ0v) is 14.8. The number of aromatic nitrogens is 2. The van der Waals surface area contributed by atoms with E-state index in [0.717, 1.165) is 42.0 Å². The molecule has 0 aromatic carbocycles. The Bertz CT molecular complexity index is 700. The first-order valence-electron chi connectivity index (χ1n) is 8.41. The van der Waals surface area contributed by atoms with Crippen molar-refractivity contribution in [2.24, 2.45) is 0 Å². The summed E-state index contributed by atoms with van der Waals surface area (Å²) in [5.41, 5.74) is 3.36. The maximum absolute atomic E-state index is 11.9. The molecule has 0 radical (unpaired) electrons. The van der Waals surface area contributed by atoms with Crippen LogP contribution in [-0.2, 0) is 6.42 Å². The second-order valence-electron chi connectivity index (χ2n) is 6.14. The monoisotopic (exact) mass is 327 g/mol. The molecular weight excluding hydrogens is 302 g/mol. The Morgan fingerprint density at radius 3 is 2.75 bits per heavy atom. The third kappa shape index (κ3) is 4.78. The van der Waals surface area contributed by atoms with Crippen molar-refractivity contribution in [3.63, 3.8) is 0 Å². The molecule has 1 amide bonds. The molecule has 0 saturated heterocycles. The summed E-state index contributed by atoms with van der Waals surface area (Å²) in [6.45, 7) is 7.93. The lowest BCUT2D eigenvalue weighted by Crippen LogP contribution is -2.30. The predicted molar refractivity (Wildman–Crippen MR) is 95.6 cm³/mol. The minimum Gasteiger partial charge on any atom is -0.361 e. The number of nitrogens with zero attached hydrogens (tertiary/aromatic N) is 2. The number of unbranched alkanes of at least 4 members (excludes halogenated alkanes) is 1. The van der Waals surface area contributed by atoms with Gasteiger partial charge in [0.05, 0.1) is 17.0 Å². The molecule has 0 fully saturated rings. The van der Waals surface area contributed by atoms with Crippen LogP contribution in [0.25, 0.3) is 12.2 Å². The van der Waals surface area contributed by atoms with Crippen molar-refractivity contribution in [1.29, 1.82) is 0 Å². The van der Waals surface area contributed by atoms with Gasteiger partial charge in [-0.1, -0.05) is 18.5 Å². The standard InChI is InChI=1S/C19H25N3O2/c1-5-6-7-18-17(14(4)24-22-18)11-10-16-9-8-15(12-20-16)19(23)21-13(2)3/h8-13H,5-7H2,1-4H3,(H,21,23). The van der Waals surface area contributed by atoms with Crippen molar-refractivity contribution >= 4 is 18.1 Å². The molecule has 0 unspecified atom stereocenters. The van der Waals surface area contributed by atoms with Gasteiger partial charge < -0.3 is 9.84 Å². The number of carbonyl (C=O) groups excluding carboxylic acids is 1. The minimum atomic E-state index is -0.107. The highest BCUT2D eigenvalue weighted by molar-refractivity contribution is 5.94. The van der Waals surface area contributed by atoms with Crippen molar-refractivity contribution < 1.29 is 9.32 Å². The van der Waals surface area contributed by atoms with Gasteiger partial charge in [-0.2, -0.15) is 0 Å². The van der Waals surface area contributed by atoms with Gasteiger partial charge in [-0.15, -0.1) is 0 Å². The number of rotatable bonds is 7. The minimum absolute atomic E-state index is 0.107. The van der Waals surface area contributed by atoms with Crippen LogP contribution >= 0.6 is 0 Å². The first-order valence-corrected chi connectivity index (χ1v) is 8.41. The van der Waals surface area contributed by atoms with Crippen molar-refractivity contribution in [2.75, 3.05) is 0 Å². The zero-order valence-electron chi connectivity index (χ0n) is 14.8. The van der Waals surface area contributed by atoms with Crippen LogP contribution in [0.1, 0.15) is 66.7 Å². The van der Waals surface area contributed by atoms with Gasteiger partial charge in [-0.25, -0.2) is 0 Å². The van der Waals surface area contributed by atoms with Gasteiger partial charge in [0.2, 0.25) is 0 Å². The summed E-state index contributed by atoms with van der Waals surface area (Å²) in [4.78, 5) is 16.2. The molecular formula is C19H25N3O2. The summed E-state index contributed by atoms with van der Waals surface area (Å²) >= 11 is 0. The summed E-state index contributed by atoms with van der Waals surface area (Å²) in [5, 5.41) is 6.98. The zero-order chi connectivity index (χ0) is 17.5. The van der Waals surface area contributed by atoms with Gasteiger partial charge >= 0.3 is 0 Å². The van der Waals surface area contributed by atoms with Crippen LogP contribution < -0.4 is 5.32 Å². The van der Waals surface area contributed by atoms with Gasteiger partial charge in [0.1, 0.15) is 5.76 Å². The number of amides is 1. The molecule has 128 valence electrons. The molecule has 2 rings (SSSR count). The lowest BCUT2D eigenvalue weighted by atomic mass is 10.1. The SMILES string of the molecule is CCCCc1noc(C)c1C=Cc1ccc(C(=O)NC(C)C)cn1. The second kappa shape index (κ2) is 8.43. The van der Waals surface area contributed by atoms with Crippen LogP contribution in [0.5, 0.6) is 0 Å². The van der Waals surface area contributed by atoms with E-state index >= 15 is 0 Å². The van der Waals surface area contributed by atoms with E-state index in [9.17, 15) is 4.79 Å². The van der Waals surface area contributed by atoms with Crippen LogP contribution in [-0.4, -0.2) is 22.1 Å². The van der Waals surface area contributed by atoms with Crippen molar-refractivity contribution in [3.05, 3.63) is 46.6 Å². The number of aryl methyl sites for hydroxylation is 2. The highest BCUT2D eigenvalue weighted by Gasteiger charge is 2.10. The Balaban J connectivity index is 2.10. The third-order valence-electron chi connectivity index (χ3n) is 3.64. The molecule has 0 atom stereocenters. The molecule has 2 heterocycles. The first-order chi connectivity index (χ1) is 11.5. The van der Waals surface area contributed by atoms with Crippen LogP contribution in [0.15, 0.2) is 22.9 Å². The highest BCUT2D eigenvalue weighted by Crippen LogP contribution is 2.18. The normalized spacial score (nSPS) is 11.4. The number of nitrogens with one attached hydrogen (secondary N) is 1. The Kier molecular flexibility index (Phi) is 6.29. The Morgan fingerprint density at radius 2 is 2.12 bits per heavy atom. The number of pyridine rings is 1. The molecule has 24 heavy (non-hydrogen) atoms. The molecule has 0 aliphatic carbocycles.